The summed E-state index contributed by atoms with van der Waals surface area (Å²) in [5.74, 6) is 0.389. The highest BCUT2D eigenvalue weighted by Crippen LogP contribution is 2.30. The van der Waals surface area contributed by atoms with Crippen molar-refractivity contribution in [2.75, 3.05) is 5.73 Å². The highest BCUT2D eigenvalue weighted by atomic mass is 79.9. The average Bonchev–Trinajstić information content (AvgIpc) is 2.41. The topological polar surface area (TPSA) is 76.5 Å². The molecule has 0 radical (unpaired) electrons. The Bertz CT molecular complexity index is 871. The fourth-order valence-corrected chi connectivity index (χ4v) is 2.36. The van der Waals surface area contributed by atoms with Gasteiger partial charge in [0.25, 0.3) is 0 Å². The van der Waals surface area contributed by atoms with Crippen LogP contribution in [0.25, 0.3) is 22.3 Å². The lowest BCUT2D eigenvalue weighted by atomic mass is 10.1. The van der Waals surface area contributed by atoms with Gasteiger partial charge in [-0.2, -0.15) is 0 Å². The molecule has 0 bridgehead atoms. The van der Waals surface area contributed by atoms with Crippen molar-refractivity contribution in [2.45, 2.75) is 0 Å². The summed E-state index contributed by atoms with van der Waals surface area (Å²) in [4.78, 5) is 12.1. The van der Waals surface area contributed by atoms with E-state index in [2.05, 4.69) is 15.9 Å². The van der Waals surface area contributed by atoms with E-state index in [4.69, 9.17) is 10.2 Å². The number of phenols is 1. The van der Waals surface area contributed by atoms with E-state index in [9.17, 15) is 9.90 Å². The van der Waals surface area contributed by atoms with E-state index in [-0.39, 0.29) is 11.2 Å². The van der Waals surface area contributed by atoms with Gasteiger partial charge in [0.2, 0.25) is 0 Å². The van der Waals surface area contributed by atoms with E-state index in [0.717, 1.165) is 4.47 Å². The van der Waals surface area contributed by atoms with Crippen molar-refractivity contribution in [3.63, 3.8) is 0 Å². The maximum absolute atomic E-state index is 12.1. The van der Waals surface area contributed by atoms with E-state index in [1.54, 1.807) is 24.3 Å². The van der Waals surface area contributed by atoms with E-state index in [0.29, 0.717) is 28.0 Å². The molecule has 20 heavy (non-hydrogen) atoms. The lowest BCUT2D eigenvalue weighted by molar-refractivity contribution is 0.475. The van der Waals surface area contributed by atoms with Crippen molar-refractivity contribution < 1.29 is 9.52 Å². The number of rotatable bonds is 1. The summed E-state index contributed by atoms with van der Waals surface area (Å²) < 4.78 is 6.54. The van der Waals surface area contributed by atoms with E-state index in [1.165, 1.54) is 18.2 Å². The van der Waals surface area contributed by atoms with Crippen LogP contribution in [0, 0.1) is 0 Å². The molecule has 0 saturated heterocycles. The Morgan fingerprint density at radius 3 is 2.70 bits per heavy atom. The maximum atomic E-state index is 12.1. The molecule has 1 aromatic heterocycles. The van der Waals surface area contributed by atoms with Gasteiger partial charge in [0.15, 0.2) is 5.43 Å². The molecule has 0 aliphatic carbocycles. The van der Waals surface area contributed by atoms with Crippen molar-refractivity contribution in [3.8, 4) is 17.1 Å². The van der Waals surface area contributed by atoms with Crippen LogP contribution < -0.4 is 11.2 Å². The van der Waals surface area contributed by atoms with Crippen molar-refractivity contribution in [2.24, 2.45) is 0 Å². The van der Waals surface area contributed by atoms with Gasteiger partial charge in [0, 0.05) is 21.8 Å². The molecule has 3 N–H and O–H groups in total. The van der Waals surface area contributed by atoms with Crippen LogP contribution in [-0.2, 0) is 0 Å². The van der Waals surface area contributed by atoms with Crippen LogP contribution in [0.3, 0.4) is 0 Å². The van der Waals surface area contributed by atoms with Crippen molar-refractivity contribution in [1.82, 2.24) is 0 Å². The molecule has 0 unspecified atom stereocenters. The lowest BCUT2D eigenvalue weighted by Crippen LogP contribution is -2.01. The second-order valence-electron chi connectivity index (χ2n) is 4.39. The molecule has 0 saturated carbocycles. The Hall–Kier alpha value is -2.27. The number of aromatic hydroxyl groups is 1. The first-order valence-electron chi connectivity index (χ1n) is 5.87. The molecule has 0 aliphatic heterocycles. The number of fused-ring (bicyclic) bond motifs is 1. The molecule has 0 atom stereocenters. The molecule has 100 valence electrons. The highest BCUT2D eigenvalue weighted by Gasteiger charge is 2.10. The first-order valence-corrected chi connectivity index (χ1v) is 6.66. The zero-order valence-corrected chi connectivity index (χ0v) is 11.8. The third-order valence-electron chi connectivity index (χ3n) is 2.99. The number of hydrogen-bond donors (Lipinski definition) is 2. The van der Waals surface area contributed by atoms with Gasteiger partial charge in [-0.15, -0.1) is 0 Å². The van der Waals surface area contributed by atoms with Crippen LogP contribution in [0.5, 0.6) is 5.75 Å². The summed E-state index contributed by atoms with van der Waals surface area (Å²) in [7, 11) is 0. The molecule has 0 amide bonds. The zero-order valence-electron chi connectivity index (χ0n) is 10.3. The number of phenolic OH excluding ortho intramolecular Hbond substituents is 1. The van der Waals surface area contributed by atoms with Crippen molar-refractivity contribution in [3.05, 3.63) is 57.2 Å². The molecule has 2 aromatic carbocycles. The maximum Gasteiger partial charge on any atom is 0.193 e. The molecule has 0 fully saturated rings. The van der Waals surface area contributed by atoms with Gasteiger partial charge in [-0.25, -0.2) is 0 Å². The average molecular weight is 332 g/mol. The lowest BCUT2D eigenvalue weighted by Gasteiger charge is -2.07. The smallest absolute Gasteiger partial charge is 0.193 e. The van der Waals surface area contributed by atoms with Gasteiger partial charge in [0.05, 0.1) is 5.39 Å². The van der Waals surface area contributed by atoms with Gasteiger partial charge < -0.3 is 15.3 Å². The first kappa shape index (κ1) is 12.7. The zero-order chi connectivity index (χ0) is 14.3. The molecule has 5 heteroatoms. The predicted molar refractivity (Wildman–Crippen MR) is 81.7 cm³/mol. The van der Waals surface area contributed by atoms with Gasteiger partial charge in [0.1, 0.15) is 17.1 Å². The fraction of sp³-hybridized carbons (Fsp3) is 0. The second kappa shape index (κ2) is 4.68. The Labute approximate surface area is 122 Å². The minimum absolute atomic E-state index is 0.0613. The van der Waals surface area contributed by atoms with E-state index >= 15 is 0 Å². The Morgan fingerprint density at radius 2 is 1.90 bits per heavy atom. The molecular weight excluding hydrogens is 322 g/mol. The standard InChI is InChI=1S/C15H10BrNO3/c16-8-1-3-10-13(19)7-15(20-14(10)5-8)11-6-9(18)2-4-12(11)17/h1-7,18H,17H2. The SMILES string of the molecule is Nc1ccc(O)cc1-c1cc(=O)c2ccc(Br)cc2o1. The third-order valence-corrected chi connectivity index (χ3v) is 3.49. The molecule has 1 heterocycles. The molecule has 0 spiro atoms. The van der Waals surface area contributed by atoms with Gasteiger partial charge in [-0.3, -0.25) is 4.79 Å². The quantitative estimate of drug-likeness (QED) is 0.528. The summed E-state index contributed by atoms with van der Waals surface area (Å²) >= 11 is 3.34. The number of nitrogens with two attached hydrogens (primary N) is 1. The molecule has 0 aliphatic rings. The highest BCUT2D eigenvalue weighted by molar-refractivity contribution is 9.10. The second-order valence-corrected chi connectivity index (χ2v) is 5.30. The summed E-state index contributed by atoms with van der Waals surface area (Å²) in [6, 6.07) is 11.1. The van der Waals surface area contributed by atoms with E-state index in [1.807, 2.05) is 0 Å². The Balaban J connectivity index is 2.32. The molecule has 4 nitrogen and oxygen atoms in total. The normalized spacial score (nSPS) is 10.8. The van der Waals surface area contributed by atoms with Crippen molar-refractivity contribution in [1.29, 1.82) is 0 Å². The van der Waals surface area contributed by atoms with Crippen LogP contribution in [0.1, 0.15) is 0 Å². The Kier molecular flexibility index (Phi) is 2.99. The number of benzene rings is 2. The fourth-order valence-electron chi connectivity index (χ4n) is 2.02. The van der Waals surface area contributed by atoms with Crippen LogP contribution in [0.15, 0.2) is 56.1 Å². The summed E-state index contributed by atoms with van der Waals surface area (Å²) in [6.45, 7) is 0. The number of nitrogen functional groups attached to an aromatic ring is 1. The minimum atomic E-state index is -0.156. The van der Waals surface area contributed by atoms with Gasteiger partial charge >= 0.3 is 0 Å². The molecular formula is C15H10BrNO3. The minimum Gasteiger partial charge on any atom is -0.508 e. The summed E-state index contributed by atoms with van der Waals surface area (Å²) in [5, 5.41) is 10.0. The number of halogens is 1. The summed E-state index contributed by atoms with van der Waals surface area (Å²) in [6.07, 6.45) is 0. The first-order chi connectivity index (χ1) is 9.54. The third kappa shape index (κ3) is 2.16. The number of anilines is 1. The van der Waals surface area contributed by atoms with E-state index < -0.39 is 0 Å². The predicted octanol–water partition coefficient (Wildman–Crippen LogP) is 3.51. The van der Waals surface area contributed by atoms with Crippen molar-refractivity contribution >= 4 is 32.6 Å². The number of hydrogen-bond acceptors (Lipinski definition) is 4. The van der Waals surface area contributed by atoms with Crippen LogP contribution in [-0.4, -0.2) is 5.11 Å². The monoisotopic (exact) mass is 331 g/mol. The van der Waals surface area contributed by atoms with Crippen LogP contribution >= 0.6 is 15.9 Å². The molecule has 3 aromatic rings. The van der Waals surface area contributed by atoms with Gasteiger partial charge in [-0.1, -0.05) is 15.9 Å². The summed E-state index contributed by atoms with van der Waals surface area (Å²) in [5.41, 5.74) is 7.09. The van der Waals surface area contributed by atoms with Crippen LogP contribution in [0.4, 0.5) is 5.69 Å². The van der Waals surface area contributed by atoms with Gasteiger partial charge in [-0.05, 0) is 36.4 Å². The molecule has 3 rings (SSSR count). The Morgan fingerprint density at radius 1 is 1.10 bits per heavy atom. The van der Waals surface area contributed by atoms with Crippen LogP contribution in [0.2, 0.25) is 0 Å². The largest absolute Gasteiger partial charge is 0.508 e.